The fourth-order valence-electron chi connectivity index (χ4n) is 4.63. The molecule has 2 aromatic carbocycles. The zero-order chi connectivity index (χ0) is 48.2. The van der Waals surface area contributed by atoms with Gasteiger partial charge in [-0.2, -0.15) is 7.06 Å². The zero-order valence-electron chi connectivity index (χ0n) is 37.3. The highest BCUT2D eigenvalue weighted by Gasteiger charge is 2.46. The number of amides is 4. The minimum atomic E-state index is -0.882. The lowest BCUT2D eigenvalue weighted by atomic mass is 8.97. The second-order valence-electron chi connectivity index (χ2n) is 17.3. The van der Waals surface area contributed by atoms with Crippen molar-refractivity contribution in [3.63, 3.8) is 0 Å². The van der Waals surface area contributed by atoms with Crippen LogP contribution in [-0.4, -0.2) is 148 Å². The quantitative estimate of drug-likeness (QED) is 0.286. The molecular weight excluding hydrogens is 822 g/mol. The smallest absolute Gasteiger partial charge is 0.410 e. The van der Waals surface area contributed by atoms with Crippen LogP contribution in [0.1, 0.15) is 92.2 Å². The second kappa shape index (κ2) is 27.1. The lowest BCUT2D eigenvalue weighted by molar-refractivity contribution is -0.142. The summed E-state index contributed by atoms with van der Waals surface area (Å²) in [7, 11) is 25.7. The van der Waals surface area contributed by atoms with Crippen LogP contribution in [0.3, 0.4) is 0 Å². The molecule has 10 radical (unpaired) electrons. The highest BCUT2D eigenvalue weighted by Crippen LogP contribution is 2.45. The van der Waals surface area contributed by atoms with Gasteiger partial charge in [0.05, 0.1) is 11.5 Å². The molecule has 328 valence electrons. The highest BCUT2D eigenvalue weighted by molar-refractivity contribution is 7.60. The summed E-state index contributed by atoms with van der Waals surface area (Å²) in [6, 6.07) is 13.6. The van der Waals surface area contributed by atoms with Crippen LogP contribution < -0.4 is 11.1 Å². The standard InChI is InChI=1S/C20H27ClN2O4.C15H23ClN2O2.C5H8O2.B5H3.B3/c1-19(2,3)27-18(26)23(5)15(12-13-6-8-14(21)9-7-13)16(24)22-17(25)20(4)10-11-20;1-15(2,3)20-14(19)18(4)13(10-17)9-11-5-7-12(16)8-6-11;1-5(2-3-5)4(6)7;1-4-5(2)3;1-3-2/h6-9,15H,10-12H2,1-5H3,(H,22,24,25);5-8,13H,9-10,17H2,1-4H3;2-3H2,1H3,(H,6,7);1H3;/q;;;-1;/t15-;13-;;;/m11.../s1. The Bertz CT molecular complexity index is 1710. The molecular formula is C40H61B8Cl2N4O8-. The van der Waals surface area contributed by atoms with E-state index in [2.05, 4.69) is 20.8 Å². The van der Waals surface area contributed by atoms with E-state index in [-0.39, 0.29) is 36.3 Å². The number of ether oxygens (including phenoxy) is 2. The Hall–Kier alpha value is -3.35. The molecule has 0 unspecified atom stereocenters. The number of hydrogen-bond acceptors (Lipinski definition) is 8. The Balaban J connectivity index is 0.000000920. The molecule has 0 heterocycles. The Labute approximate surface area is 388 Å². The van der Waals surface area contributed by atoms with Crippen molar-refractivity contribution in [2.24, 2.45) is 16.6 Å². The highest BCUT2D eigenvalue weighted by atomic mass is 35.5. The van der Waals surface area contributed by atoms with Gasteiger partial charge in [-0.05, 0) is 138 Å². The number of carbonyl (C=O) groups is 5. The molecule has 4 N–H and O–H groups in total. The van der Waals surface area contributed by atoms with Crippen molar-refractivity contribution in [1.29, 1.82) is 0 Å². The molecule has 2 saturated carbocycles. The summed E-state index contributed by atoms with van der Waals surface area (Å²) in [6.45, 7) is 14.8. The molecule has 0 saturated heterocycles. The minimum Gasteiger partial charge on any atom is -0.481 e. The summed E-state index contributed by atoms with van der Waals surface area (Å²) in [5.74, 6) is -1.46. The number of rotatable bonds is 11. The molecule has 0 spiro atoms. The van der Waals surface area contributed by atoms with Gasteiger partial charge in [0.15, 0.2) is 0 Å². The molecule has 0 aromatic heterocycles. The van der Waals surface area contributed by atoms with Gasteiger partial charge in [0.2, 0.25) is 11.8 Å². The van der Waals surface area contributed by atoms with Crippen molar-refractivity contribution in [3.05, 3.63) is 69.7 Å². The maximum absolute atomic E-state index is 12.8. The van der Waals surface area contributed by atoms with Gasteiger partial charge in [0, 0.05) is 65.1 Å². The van der Waals surface area contributed by atoms with Gasteiger partial charge >= 0.3 is 18.2 Å². The molecule has 2 aliphatic rings. The van der Waals surface area contributed by atoms with Crippen molar-refractivity contribution >= 4 is 112 Å². The first-order chi connectivity index (χ1) is 28.5. The largest absolute Gasteiger partial charge is 0.481 e. The number of carboxylic acid groups (broad SMARTS) is 1. The van der Waals surface area contributed by atoms with Crippen molar-refractivity contribution < 1.29 is 38.6 Å². The van der Waals surface area contributed by atoms with E-state index in [9.17, 15) is 24.0 Å². The molecule has 2 aliphatic carbocycles. The van der Waals surface area contributed by atoms with E-state index in [4.69, 9.17) is 59.0 Å². The SMILES string of the molecule is CC1(C(=O)O)CC1.CN(C(=O)OC(C)(C)C)[C@@H](CN)Cc1ccc(Cl)cc1.CN(C(=O)OC(C)(C)C)[C@H](Cc1ccc(Cl)cc1)C(=O)NC(=O)C1(C)CC1.[B]B([B])[B][BH3-].[B][B][B]. The van der Waals surface area contributed by atoms with Gasteiger partial charge in [-0.25, -0.2) is 9.59 Å². The van der Waals surface area contributed by atoms with Gasteiger partial charge in [0.1, 0.15) is 17.2 Å². The third-order valence-electron chi connectivity index (χ3n) is 8.98. The van der Waals surface area contributed by atoms with Gasteiger partial charge in [-0.3, -0.25) is 24.6 Å². The van der Waals surface area contributed by atoms with Gasteiger partial charge < -0.3 is 25.2 Å². The number of aliphatic carboxylic acids is 1. The first kappa shape index (κ1) is 58.6. The molecule has 22 heteroatoms. The van der Waals surface area contributed by atoms with E-state index in [1.807, 2.05) is 59.0 Å². The maximum Gasteiger partial charge on any atom is 0.410 e. The molecule has 0 aliphatic heterocycles. The number of halogens is 2. The van der Waals surface area contributed by atoms with Gasteiger partial charge in [0.25, 0.3) is 0 Å². The van der Waals surface area contributed by atoms with Crippen LogP contribution >= 0.6 is 23.2 Å². The molecule has 2 aromatic rings. The van der Waals surface area contributed by atoms with Crippen LogP contribution in [0.4, 0.5) is 9.59 Å². The third kappa shape index (κ3) is 24.5. The number of nitrogens with zero attached hydrogens (tertiary/aromatic N) is 2. The van der Waals surface area contributed by atoms with Crippen LogP contribution in [0.2, 0.25) is 10.0 Å². The molecule has 2 fully saturated rings. The number of benzene rings is 2. The Morgan fingerprint density at radius 3 is 1.45 bits per heavy atom. The molecule has 4 rings (SSSR count). The lowest BCUT2D eigenvalue weighted by Gasteiger charge is -2.30. The predicted octanol–water partition coefficient (Wildman–Crippen LogP) is 3.66. The van der Waals surface area contributed by atoms with Crippen LogP contribution in [-0.2, 0) is 36.7 Å². The second-order valence-corrected chi connectivity index (χ2v) is 18.1. The Morgan fingerprint density at radius 1 is 0.806 bits per heavy atom. The first-order valence-corrected chi connectivity index (χ1v) is 20.4. The van der Waals surface area contributed by atoms with Gasteiger partial charge in [-0.1, -0.05) is 62.1 Å². The fraction of sp³-hybridized carbons (Fsp3) is 0.575. The van der Waals surface area contributed by atoms with Crippen molar-refractivity contribution in [2.45, 2.75) is 117 Å². The Morgan fingerprint density at radius 2 is 1.16 bits per heavy atom. The van der Waals surface area contributed by atoms with Crippen LogP contribution in [0, 0.1) is 10.8 Å². The Kier molecular flexibility index (Phi) is 25.6. The van der Waals surface area contributed by atoms with Crippen molar-refractivity contribution in [2.75, 3.05) is 20.6 Å². The lowest BCUT2D eigenvalue weighted by Crippen LogP contribution is -2.52. The molecule has 2 atom stereocenters. The molecule has 0 bridgehead atoms. The summed E-state index contributed by atoms with van der Waals surface area (Å²) in [4.78, 5) is 62.4. The zero-order valence-corrected chi connectivity index (χ0v) is 38.8. The summed E-state index contributed by atoms with van der Waals surface area (Å²) in [5.41, 5.74) is 5.67. The minimum absolute atomic E-state index is 0.106. The maximum atomic E-state index is 12.8. The monoisotopic (exact) mass is 883 g/mol. The summed E-state index contributed by atoms with van der Waals surface area (Å²) >= 11 is 11.8. The average Bonchev–Trinajstić information content (AvgIpc) is 4.11. The molecule has 4 amide bonds. The number of nitrogens with one attached hydrogen (secondary N) is 1. The number of likely N-dealkylation sites (N-methyl/N-ethyl adjacent to an activating group) is 2. The van der Waals surface area contributed by atoms with E-state index >= 15 is 0 Å². The van der Waals surface area contributed by atoms with E-state index in [1.165, 1.54) is 11.9 Å². The first-order valence-electron chi connectivity index (χ1n) is 19.6. The van der Waals surface area contributed by atoms with Crippen molar-refractivity contribution in [3.8, 4) is 0 Å². The van der Waals surface area contributed by atoms with E-state index in [0.29, 0.717) is 30.7 Å². The fourth-order valence-corrected chi connectivity index (χ4v) is 4.88. The topological polar surface area (TPSA) is 169 Å². The van der Waals surface area contributed by atoms with E-state index in [1.54, 1.807) is 63.9 Å². The van der Waals surface area contributed by atoms with Crippen LogP contribution in [0.5, 0.6) is 0 Å². The number of hydrogen-bond donors (Lipinski definition) is 3. The average molecular weight is 883 g/mol. The summed E-state index contributed by atoms with van der Waals surface area (Å²) < 4.78 is 10.7. The number of nitrogens with two attached hydrogens (primary N) is 1. The predicted molar refractivity (Wildman–Crippen MR) is 261 cm³/mol. The van der Waals surface area contributed by atoms with Gasteiger partial charge in [-0.15, -0.1) is 0 Å². The van der Waals surface area contributed by atoms with Crippen LogP contribution in [0.25, 0.3) is 0 Å². The number of carbonyl (C=O) groups excluding carboxylic acids is 4. The van der Waals surface area contributed by atoms with Crippen LogP contribution in [0.15, 0.2) is 48.5 Å². The van der Waals surface area contributed by atoms with E-state index in [0.717, 1.165) is 43.9 Å². The molecule has 12 nitrogen and oxygen atoms in total. The number of imide groups is 1. The van der Waals surface area contributed by atoms with E-state index < -0.39 is 40.6 Å². The third-order valence-corrected chi connectivity index (χ3v) is 9.48. The molecule has 62 heavy (non-hydrogen) atoms. The summed E-state index contributed by atoms with van der Waals surface area (Å²) in [5, 5.41) is 12.0. The normalized spacial score (nSPS) is 14.7. The summed E-state index contributed by atoms with van der Waals surface area (Å²) in [6.07, 6.45) is 3.04. The van der Waals surface area contributed by atoms with Crippen molar-refractivity contribution in [1.82, 2.24) is 15.1 Å². The number of carboxylic acids is 1.